The Labute approximate surface area is 121 Å². The normalized spacial score (nSPS) is 10.6. The van der Waals surface area contributed by atoms with E-state index < -0.39 is 9.76 Å². The maximum Gasteiger partial charge on any atom is 1.00 e. The molecule has 0 fully saturated rings. The maximum absolute atomic E-state index is 11.4. The fourth-order valence-corrected chi connectivity index (χ4v) is 2.68. The van der Waals surface area contributed by atoms with E-state index in [1.165, 1.54) is 0 Å². The third kappa shape index (κ3) is 3.30. The van der Waals surface area contributed by atoms with Gasteiger partial charge in [-0.3, -0.25) is 0 Å². The van der Waals surface area contributed by atoms with Crippen molar-refractivity contribution in [2.24, 2.45) is 0 Å². The van der Waals surface area contributed by atoms with Gasteiger partial charge in [0.15, 0.2) is 0 Å². The second-order valence-electron chi connectivity index (χ2n) is 3.54. The molecular formula is C13H13NaOSi. The largest absolute Gasteiger partial charge is 1.00 e. The van der Waals surface area contributed by atoms with Crippen LogP contribution in [-0.2, 0) is 0 Å². The van der Waals surface area contributed by atoms with Gasteiger partial charge in [-0.1, -0.05) is 70.4 Å². The first-order valence-electron chi connectivity index (χ1n) is 5.10. The van der Waals surface area contributed by atoms with Crippen LogP contribution in [0.3, 0.4) is 0 Å². The summed E-state index contributed by atoms with van der Waals surface area (Å²) < 4.78 is 0. The molecule has 2 rings (SSSR count). The summed E-state index contributed by atoms with van der Waals surface area (Å²) >= 11 is 0. The van der Waals surface area contributed by atoms with Gasteiger partial charge in [-0.15, -0.1) is 0 Å². The summed E-state index contributed by atoms with van der Waals surface area (Å²) in [5, 5.41) is 0. The summed E-state index contributed by atoms with van der Waals surface area (Å²) in [4.78, 5) is 11.4. The van der Waals surface area contributed by atoms with Gasteiger partial charge in [0.2, 0.25) is 0 Å². The molecule has 0 unspecified atom stereocenters. The van der Waals surface area contributed by atoms with Crippen LogP contribution < -0.4 is 34.4 Å². The third-order valence-electron chi connectivity index (χ3n) is 2.57. The monoisotopic (exact) mass is 236 g/mol. The number of hydrogen-bond acceptors (Lipinski definition) is 1. The maximum atomic E-state index is 11.4. The molecule has 0 saturated carbocycles. The molecule has 0 spiro atoms. The minimum Gasteiger partial charge on any atom is -0.862 e. The summed E-state index contributed by atoms with van der Waals surface area (Å²) in [6.45, 7) is 0. The molecule has 2 aromatic carbocycles. The van der Waals surface area contributed by atoms with Gasteiger partial charge in [-0.25, -0.2) is 0 Å². The van der Waals surface area contributed by atoms with Crippen LogP contribution in [0.4, 0.5) is 0 Å². The van der Waals surface area contributed by atoms with Crippen molar-refractivity contribution in [2.75, 3.05) is 0 Å². The minimum absolute atomic E-state index is 0. The van der Waals surface area contributed by atoms with Crippen LogP contribution in [-0.4, -0.2) is 9.76 Å². The topological polar surface area (TPSA) is 23.1 Å². The summed E-state index contributed by atoms with van der Waals surface area (Å²) in [6.07, 6.45) is 0. The van der Waals surface area contributed by atoms with Crippen molar-refractivity contribution in [1.29, 1.82) is 0 Å². The molecule has 0 aromatic heterocycles. The van der Waals surface area contributed by atoms with E-state index in [1.54, 1.807) is 0 Å². The van der Waals surface area contributed by atoms with Crippen molar-refractivity contribution in [3.8, 4) is 0 Å². The van der Waals surface area contributed by atoms with Crippen molar-refractivity contribution in [3.63, 3.8) is 0 Å². The van der Waals surface area contributed by atoms with Gasteiger partial charge >= 0.3 is 29.6 Å². The molecule has 0 aliphatic carbocycles. The molecule has 0 N–H and O–H groups in total. The zero-order valence-corrected chi connectivity index (χ0v) is 12.9. The van der Waals surface area contributed by atoms with E-state index in [-0.39, 0.29) is 35.1 Å². The zero-order chi connectivity index (χ0) is 10.5. The van der Waals surface area contributed by atoms with E-state index in [1.807, 2.05) is 60.7 Å². The molecule has 0 radical (unpaired) electrons. The van der Waals surface area contributed by atoms with Crippen molar-refractivity contribution in [3.05, 3.63) is 71.8 Å². The van der Waals surface area contributed by atoms with Gasteiger partial charge in [0.25, 0.3) is 0 Å². The number of hydrogen-bond donors (Lipinski definition) is 0. The average molecular weight is 236 g/mol. The minimum atomic E-state index is -1.32. The molecule has 0 aliphatic rings. The molecule has 0 atom stereocenters. The van der Waals surface area contributed by atoms with Gasteiger partial charge in [-0.2, -0.15) is 0 Å². The Morgan fingerprint density at radius 1 is 0.750 bits per heavy atom. The van der Waals surface area contributed by atoms with Gasteiger partial charge in [0.05, 0.1) is 0 Å². The SMILES string of the molecule is [Na+].[O-][SiH2]C(c1ccccc1)c1ccccc1. The van der Waals surface area contributed by atoms with Gasteiger partial charge < -0.3 is 4.80 Å². The fourth-order valence-electron chi connectivity index (χ4n) is 1.76. The van der Waals surface area contributed by atoms with E-state index in [4.69, 9.17) is 0 Å². The Bertz CT molecular complexity index is 365. The Balaban J connectivity index is 0.00000128. The average Bonchev–Trinajstić information content (AvgIpc) is 2.33. The van der Waals surface area contributed by atoms with E-state index in [2.05, 4.69) is 0 Å². The Morgan fingerprint density at radius 2 is 1.12 bits per heavy atom. The van der Waals surface area contributed by atoms with Crippen LogP contribution in [0, 0.1) is 0 Å². The number of rotatable bonds is 3. The molecule has 2 aromatic rings. The quantitative estimate of drug-likeness (QED) is 0.578. The predicted octanol–water partition coefficient (Wildman–Crippen LogP) is -1.78. The van der Waals surface area contributed by atoms with Crippen LogP contribution >= 0.6 is 0 Å². The molecule has 16 heavy (non-hydrogen) atoms. The first kappa shape index (κ1) is 13.7. The molecule has 0 aliphatic heterocycles. The Hall–Kier alpha value is -0.383. The van der Waals surface area contributed by atoms with Gasteiger partial charge in [0.1, 0.15) is 0 Å². The van der Waals surface area contributed by atoms with E-state index in [9.17, 15) is 4.80 Å². The standard InChI is InChI=1S/C13H13OSi.Na/c14-15-13(11-7-3-1-4-8-11)12-9-5-2-6-10-12;/h1-10,13H,15H2;/q-1;+1. The summed E-state index contributed by atoms with van der Waals surface area (Å²) in [5.41, 5.74) is 2.43. The summed E-state index contributed by atoms with van der Waals surface area (Å²) in [6, 6.07) is 20.1. The summed E-state index contributed by atoms with van der Waals surface area (Å²) in [7, 11) is -1.32. The molecule has 3 heteroatoms. The number of benzene rings is 2. The molecule has 1 nitrogen and oxygen atoms in total. The first-order valence-corrected chi connectivity index (χ1v) is 6.49. The first-order chi connectivity index (χ1) is 7.42. The molecular weight excluding hydrogens is 223 g/mol. The van der Waals surface area contributed by atoms with E-state index in [0.717, 1.165) is 11.1 Å². The van der Waals surface area contributed by atoms with Crippen LogP contribution in [0.25, 0.3) is 0 Å². The second-order valence-corrected chi connectivity index (χ2v) is 4.69. The van der Waals surface area contributed by atoms with Crippen molar-refractivity contribution < 1.29 is 34.4 Å². The molecule has 0 amide bonds. The van der Waals surface area contributed by atoms with Crippen LogP contribution in [0.5, 0.6) is 0 Å². The fraction of sp³-hybridized carbons (Fsp3) is 0.0769. The Kier molecular flexibility index (Phi) is 6.02. The second kappa shape index (κ2) is 7.04. The molecule has 76 valence electrons. The smallest absolute Gasteiger partial charge is 0.862 e. The summed E-state index contributed by atoms with van der Waals surface area (Å²) in [5.74, 6) is 0. The Morgan fingerprint density at radius 3 is 1.44 bits per heavy atom. The van der Waals surface area contributed by atoms with Crippen molar-refractivity contribution in [2.45, 2.75) is 5.54 Å². The van der Waals surface area contributed by atoms with E-state index in [0.29, 0.717) is 0 Å². The van der Waals surface area contributed by atoms with Crippen LogP contribution in [0.2, 0.25) is 0 Å². The molecule has 0 heterocycles. The molecule has 0 saturated heterocycles. The van der Waals surface area contributed by atoms with Crippen molar-refractivity contribution >= 4 is 9.76 Å². The third-order valence-corrected chi connectivity index (χ3v) is 3.85. The van der Waals surface area contributed by atoms with E-state index >= 15 is 0 Å². The van der Waals surface area contributed by atoms with Gasteiger partial charge in [0, 0.05) is 0 Å². The van der Waals surface area contributed by atoms with Crippen LogP contribution in [0.1, 0.15) is 16.7 Å². The van der Waals surface area contributed by atoms with Crippen molar-refractivity contribution in [1.82, 2.24) is 0 Å². The van der Waals surface area contributed by atoms with Gasteiger partial charge in [-0.05, 0) is 16.7 Å². The van der Waals surface area contributed by atoms with Crippen LogP contribution in [0.15, 0.2) is 60.7 Å². The zero-order valence-electron chi connectivity index (χ0n) is 9.47. The molecule has 0 bridgehead atoms. The predicted molar refractivity (Wildman–Crippen MR) is 63.3 cm³/mol.